The molecule has 0 amide bonds. The number of benzene rings is 1. The second-order valence-electron chi connectivity index (χ2n) is 5.46. The lowest BCUT2D eigenvalue weighted by atomic mass is 10.1. The Kier molecular flexibility index (Phi) is 5.00. The van der Waals surface area contributed by atoms with Crippen LogP contribution < -0.4 is 4.90 Å². The SMILES string of the molecule is CCN(CC)C1CCN(c2cccc(F)c2[C@H](C)O)C1. The number of aliphatic hydroxyl groups is 1. The quantitative estimate of drug-likeness (QED) is 0.898. The molecule has 1 saturated heterocycles. The van der Waals surface area contributed by atoms with Crippen LogP contribution >= 0.6 is 0 Å². The summed E-state index contributed by atoms with van der Waals surface area (Å²) in [7, 11) is 0. The third-order valence-electron chi connectivity index (χ3n) is 4.28. The van der Waals surface area contributed by atoms with Crippen LogP contribution in [0.15, 0.2) is 18.2 Å². The highest BCUT2D eigenvalue weighted by atomic mass is 19.1. The Hall–Kier alpha value is -1.13. The molecule has 0 aromatic heterocycles. The van der Waals surface area contributed by atoms with Crippen LogP contribution in [0.4, 0.5) is 10.1 Å². The van der Waals surface area contributed by atoms with E-state index >= 15 is 0 Å². The van der Waals surface area contributed by atoms with Crippen molar-refractivity contribution in [3.63, 3.8) is 0 Å². The molecule has 4 heteroatoms. The topological polar surface area (TPSA) is 26.7 Å². The van der Waals surface area contributed by atoms with Gasteiger partial charge in [-0.2, -0.15) is 0 Å². The highest BCUT2D eigenvalue weighted by molar-refractivity contribution is 5.56. The number of hydrogen-bond acceptors (Lipinski definition) is 3. The monoisotopic (exact) mass is 280 g/mol. The molecule has 0 radical (unpaired) electrons. The third kappa shape index (κ3) is 2.96. The maximum Gasteiger partial charge on any atom is 0.131 e. The van der Waals surface area contributed by atoms with Crippen LogP contribution in [-0.4, -0.2) is 42.2 Å². The van der Waals surface area contributed by atoms with E-state index in [1.54, 1.807) is 13.0 Å². The molecule has 20 heavy (non-hydrogen) atoms. The van der Waals surface area contributed by atoms with Gasteiger partial charge in [-0.15, -0.1) is 0 Å². The van der Waals surface area contributed by atoms with Crippen molar-refractivity contribution in [1.82, 2.24) is 4.90 Å². The summed E-state index contributed by atoms with van der Waals surface area (Å²) in [6.45, 7) is 9.89. The average Bonchev–Trinajstić information content (AvgIpc) is 2.89. The highest BCUT2D eigenvalue weighted by Crippen LogP contribution is 2.32. The first-order chi connectivity index (χ1) is 9.58. The molecule has 0 aliphatic carbocycles. The largest absolute Gasteiger partial charge is 0.389 e. The van der Waals surface area contributed by atoms with Gasteiger partial charge in [0.25, 0.3) is 0 Å². The van der Waals surface area contributed by atoms with E-state index in [-0.39, 0.29) is 5.82 Å². The molecule has 2 atom stereocenters. The third-order valence-corrected chi connectivity index (χ3v) is 4.28. The van der Waals surface area contributed by atoms with Gasteiger partial charge in [0.2, 0.25) is 0 Å². The fourth-order valence-electron chi connectivity index (χ4n) is 3.21. The van der Waals surface area contributed by atoms with Crippen LogP contribution in [0.1, 0.15) is 38.9 Å². The zero-order valence-corrected chi connectivity index (χ0v) is 12.6. The summed E-state index contributed by atoms with van der Waals surface area (Å²) in [6, 6.07) is 5.58. The summed E-state index contributed by atoms with van der Waals surface area (Å²) in [5, 5.41) is 9.84. The molecular weight excluding hydrogens is 255 g/mol. The van der Waals surface area contributed by atoms with E-state index in [1.807, 2.05) is 6.07 Å². The van der Waals surface area contributed by atoms with Crippen molar-refractivity contribution in [2.45, 2.75) is 39.3 Å². The molecule has 1 N–H and O–H groups in total. The standard InChI is InChI=1S/C16H25FN2O/c1-4-18(5-2)13-9-10-19(11-13)15-8-6-7-14(17)16(15)12(3)20/h6-8,12-13,20H,4-5,9-11H2,1-3H3/t12-,13?/m0/s1. The maximum absolute atomic E-state index is 13.9. The van der Waals surface area contributed by atoms with E-state index in [0.717, 1.165) is 38.3 Å². The number of hydrogen-bond donors (Lipinski definition) is 1. The van der Waals surface area contributed by atoms with E-state index < -0.39 is 6.10 Å². The number of aliphatic hydroxyl groups excluding tert-OH is 1. The fourth-order valence-corrected chi connectivity index (χ4v) is 3.21. The Bertz CT molecular complexity index is 446. The van der Waals surface area contributed by atoms with Gasteiger partial charge in [-0.1, -0.05) is 19.9 Å². The van der Waals surface area contributed by atoms with Gasteiger partial charge >= 0.3 is 0 Å². The van der Waals surface area contributed by atoms with Crippen molar-refractivity contribution >= 4 is 5.69 Å². The highest BCUT2D eigenvalue weighted by Gasteiger charge is 2.28. The van der Waals surface area contributed by atoms with Gasteiger partial charge < -0.3 is 10.0 Å². The Morgan fingerprint density at radius 2 is 2.10 bits per heavy atom. The molecule has 1 heterocycles. The fraction of sp³-hybridized carbons (Fsp3) is 0.625. The molecule has 1 aliphatic rings. The first-order valence-electron chi connectivity index (χ1n) is 7.53. The maximum atomic E-state index is 13.9. The summed E-state index contributed by atoms with van der Waals surface area (Å²) >= 11 is 0. The van der Waals surface area contributed by atoms with Gasteiger partial charge in [0, 0.05) is 30.4 Å². The van der Waals surface area contributed by atoms with Crippen molar-refractivity contribution < 1.29 is 9.50 Å². The molecule has 0 saturated carbocycles. The molecule has 0 bridgehead atoms. The number of halogens is 1. The Balaban J connectivity index is 2.20. The average molecular weight is 280 g/mol. The lowest BCUT2D eigenvalue weighted by Gasteiger charge is -2.28. The van der Waals surface area contributed by atoms with E-state index in [2.05, 4.69) is 23.6 Å². The number of likely N-dealkylation sites (N-methyl/N-ethyl adjacent to an activating group) is 1. The Labute approximate surface area is 121 Å². The van der Waals surface area contributed by atoms with Gasteiger partial charge in [-0.05, 0) is 38.6 Å². The molecule has 1 unspecified atom stereocenters. The van der Waals surface area contributed by atoms with Crippen LogP contribution in [-0.2, 0) is 0 Å². The van der Waals surface area contributed by atoms with Gasteiger partial charge in [-0.3, -0.25) is 4.90 Å². The van der Waals surface area contributed by atoms with Crippen molar-refractivity contribution in [2.75, 3.05) is 31.1 Å². The Morgan fingerprint density at radius 1 is 1.40 bits per heavy atom. The zero-order valence-electron chi connectivity index (χ0n) is 12.6. The summed E-state index contributed by atoms with van der Waals surface area (Å²) < 4.78 is 13.9. The normalized spacial score (nSPS) is 20.7. The van der Waals surface area contributed by atoms with Gasteiger partial charge in [-0.25, -0.2) is 4.39 Å². The Morgan fingerprint density at radius 3 is 2.70 bits per heavy atom. The van der Waals surface area contributed by atoms with Crippen LogP contribution in [0, 0.1) is 5.82 Å². The van der Waals surface area contributed by atoms with Gasteiger partial charge in [0.1, 0.15) is 5.82 Å². The molecule has 1 fully saturated rings. The molecular formula is C16H25FN2O. The van der Waals surface area contributed by atoms with Crippen molar-refractivity contribution in [3.05, 3.63) is 29.6 Å². The molecule has 1 aromatic carbocycles. The minimum atomic E-state index is -0.779. The van der Waals surface area contributed by atoms with Crippen molar-refractivity contribution in [3.8, 4) is 0 Å². The smallest absolute Gasteiger partial charge is 0.131 e. The van der Waals surface area contributed by atoms with Crippen molar-refractivity contribution in [2.24, 2.45) is 0 Å². The molecule has 1 aromatic rings. The predicted octanol–water partition coefficient (Wildman–Crippen LogP) is 2.80. The molecule has 2 rings (SSSR count). The minimum absolute atomic E-state index is 0.316. The van der Waals surface area contributed by atoms with Crippen molar-refractivity contribution in [1.29, 1.82) is 0 Å². The molecule has 0 spiro atoms. The first kappa shape index (κ1) is 15.3. The van der Waals surface area contributed by atoms with Gasteiger partial charge in [0.05, 0.1) is 6.10 Å². The van der Waals surface area contributed by atoms with Crippen LogP contribution in [0.25, 0.3) is 0 Å². The lowest BCUT2D eigenvalue weighted by molar-refractivity contribution is 0.194. The summed E-state index contributed by atoms with van der Waals surface area (Å²) in [5.41, 5.74) is 1.27. The molecule has 1 aliphatic heterocycles. The van der Waals surface area contributed by atoms with Crippen LogP contribution in [0.5, 0.6) is 0 Å². The first-order valence-corrected chi connectivity index (χ1v) is 7.53. The molecule has 3 nitrogen and oxygen atoms in total. The number of nitrogens with zero attached hydrogens (tertiary/aromatic N) is 2. The summed E-state index contributed by atoms with van der Waals surface area (Å²) in [4.78, 5) is 4.65. The van der Waals surface area contributed by atoms with Gasteiger partial charge in [0.15, 0.2) is 0 Å². The minimum Gasteiger partial charge on any atom is -0.389 e. The second kappa shape index (κ2) is 6.55. The van der Waals surface area contributed by atoms with E-state index in [4.69, 9.17) is 0 Å². The second-order valence-corrected chi connectivity index (χ2v) is 5.46. The summed E-state index contributed by atoms with van der Waals surface area (Å²) in [6.07, 6.45) is 0.316. The van der Waals surface area contributed by atoms with E-state index in [9.17, 15) is 9.50 Å². The van der Waals surface area contributed by atoms with Crippen LogP contribution in [0.2, 0.25) is 0 Å². The molecule has 112 valence electrons. The lowest BCUT2D eigenvalue weighted by Crippen LogP contribution is -2.37. The number of rotatable bonds is 5. The predicted molar refractivity (Wildman–Crippen MR) is 80.6 cm³/mol. The van der Waals surface area contributed by atoms with E-state index in [0.29, 0.717) is 11.6 Å². The zero-order chi connectivity index (χ0) is 14.7. The number of anilines is 1. The van der Waals surface area contributed by atoms with Crippen LogP contribution in [0.3, 0.4) is 0 Å². The van der Waals surface area contributed by atoms with E-state index in [1.165, 1.54) is 6.07 Å². The summed E-state index contributed by atoms with van der Waals surface area (Å²) in [5.74, 6) is -0.316.